The number of piperazine rings is 1. The SMILES string of the molecule is C=CC(=O)N1CCN2c3nc(=O)n(-c4c(C)ccnc4C(C)C)c4nc(-c5c(N)c(Cl)cc(Cl)c5F)c(F)c(c34)OCC2C1. The van der Waals surface area contributed by atoms with Crippen LogP contribution in [-0.2, 0) is 4.79 Å². The van der Waals surface area contributed by atoms with Crippen molar-refractivity contribution in [3.8, 4) is 22.7 Å². The lowest BCUT2D eigenvalue weighted by Crippen LogP contribution is -2.56. The first kappa shape index (κ1) is 29.8. The lowest BCUT2D eigenvalue weighted by atomic mass is 10.0. The maximum atomic E-state index is 16.6. The second-order valence-corrected chi connectivity index (χ2v) is 11.8. The molecule has 6 rings (SSSR count). The van der Waals surface area contributed by atoms with Crippen molar-refractivity contribution in [2.75, 3.05) is 36.9 Å². The summed E-state index contributed by atoms with van der Waals surface area (Å²) < 4.78 is 39.6. The molecule has 1 saturated heterocycles. The van der Waals surface area contributed by atoms with E-state index >= 15 is 8.78 Å². The van der Waals surface area contributed by atoms with Crippen molar-refractivity contribution < 1.29 is 18.3 Å². The van der Waals surface area contributed by atoms with Crippen molar-refractivity contribution in [3.05, 3.63) is 74.4 Å². The number of hydrogen-bond donors (Lipinski definition) is 1. The van der Waals surface area contributed by atoms with Gasteiger partial charge < -0.3 is 20.3 Å². The zero-order valence-corrected chi connectivity index (χ0v) is 25.5. The molecule has 44 heavy (non-hydrogen) atoms. The van der Waals surface area contributed by atoms with Crippen LogP contribution in [0, 0.1) is 18.6 Å². The molecule has 1 fully saturated rings. The molecule has 228 valence electrons. The van der Waals surface area contributed by atoms with Gasteiger partial charge in [-0.25, -0.2) is 23.1 Å². The molecule has 2 N–H and O–H groups in total. The van der Waals surface area contributed by atoms with Gasteiger partial charge in [0.15, 0.2) is 23.0 Å². The van der Waals surface area contributed by atoms with Crippen LogP contribution in [0.25, 0.3) is 28.0 Å². The third kappa shape index (κ3) is 4.55. The number of nitrogens with two attached hydrogens (primary N) is 1. The van der Waals surface area contributed by atoms with Crippen LogP contribution in [0.5, 0.6) is 5.75 Å². The average molecular weight is 642 g/mol. The first-order valence-corrected chi connectivity index (χ1v) is 14.6. The largest absolute Gasteiger partial charge is 0.487 e. The number of anilines is 2. The Hall–Kier alpha value is -4.29. The zero-order valence-electron chi connectivity index (χ0n) is 24.0. The van der Waals surface area contributed by atoms with E-state index in [0.717, 1.165) is 6.07 Å². The highest BCUT2D eigenvalue weighted by atomic mass is 35.5. The molecule has 0 radical (unpaired) electrons. The second kappa shape index (κ2) is 11.0. The van der Waals surface area contributed by atoms with Gasteiger partial charge in [-0.3, -0.25) is 9.78 Å². The number of nitrogens with zero attached hydrogens (tertiary/aromatic N) is 6. The Bertz CT molecular complexity index is 1920. The van der Waals surface area contributed by atoms with Crippen molar-refractivity contribution in [3.63, 3.8) is 0 Å². The van der Waals surface area contributed by atoms with E-state index in [2.05, 4.69) is 21.5 Å². The molecule has 1 aromatic carbocycles. The number of amides is 1. The van der Waals surface area contributed by atoms with Gasteiger partial charge in [-0.1, -0.05) is 43.6 Å². The summed E-state index contributed by atoms with van der Waals surface area (Å²) in [5, 5.41) is -0.405. The van der Waals surface area contributed by atoms with Crippen molar-refractivity contribution in [2.24, 2.45) is 0 Å². The Balaban J connectivity index is 1.74. The molecule has 1 atom stereocenters. The summed E-state index contributed by atoms with van der Waals surface area (Å²) in [5.74, 6) is -2.66. The van der Waals surface area contributed by atoms with Crippen molar-refractivity contribution in [1.82, 2.24) is 24.4 Å². The maximum absolute atomic E-state index is 16.6. The molecule has 5 heterocycles. The summed E-state index contributed by atoms with van der Waals surface area (Å²) in [6, 6.07) is 2.35. The summed E-state index contributed by atoms with van der Waals surface area (Å²) in [6.07, 6.45) is 2.84. The highest BCUT2D eigenvalue weighted by Gasteiger charge is 2.38. The molecule has 1 unspecified atom stereocenters. The minimum absolute atomic E-state index is 0.0513. The van der Waals surface area contributed by atoms with Gasteiger partial charge in [0, 0.05) is 25.8 Å². The van der Waals surface area contributed by atoms with Gasteiger partial charge >= 0.3 is 5.69 Å². The van der Waals surface area contributed by atoms with E-state index in [1.807, 2.05) is 18.7 Å². The van der Waals surface area contributed by atoms with Gasteiger partial charge in [0.2, 0.25) is 5.91 Å². The molecule has 4 aromatic rings. The van der Waals surface area contributed by atoms with Gasteiger partial charge in [-0.15, -0.1) is 0 Å². The van der Waals surface area contributed by atoms with E-state index in [0.29, 0.717) is 23.5 Å². The molecule has 1 amide bonds. The van der Waals surface area contributed by atoms with Gasteiger partial charge in [0.05, 0.1) is 38.7 Å². The van der Waals surface area contributed by atoms with Crippen LogP contribution in [0.3, 0.4) is 0 Å². The maximum Gasteiger partial charge on any atom is 0.355 e. The number of halogens is 4. The Morgan fingerprint density at radius 3 is 2.66 bits per heavy atom. The number of hydrogen-bond acceptors (Lipinski definition) is 8. The van der Waals surface area contributed by atoms with Gasteiger partial charge in [-0.05, 0) is 36.6 Å². The van der Waals surface area contributed by atoms with Gasteiger partial charge in [-0.2, -0.15) is 4.98 Å². The van der Waals surface area contributed by atoms with E-state index in [9.17, 15) is 9.59 Å². The summed E-state index contributed by atoms with van der Waals surface area (Å²) in [4.78, 5) is 43.4. The first-order valence-electron chi connectivity index (χ1n) is 13.8. The van der Waals surface area contributed by atoms with Crippen LogP contribution in [0.4, 0.5) is 20.3 Å². The number of benzene rings is 1. The molecule has 10 nitrogen and oxygen atoms in total. The number of carbonyl (C=O) groups excluding carboxylic acids is 1. The highest BCUT2D eigenvalue weighted by Crippen LogP contribution is 2.45. The fraction of sp³-hybridized carbons (Fsp3) is 0.300. The zero-order chi connectivity index (χ0) is 31.6. The Morgan fingerprint density at radius 2 is 1.95 bits per heavy atom. The van der Waals surface area contributed by atoms with Crippen LogP contribution in [0.1, 0.15) is 31.0 Å². The molecule has 2 aliphatic rings. The minimum Gasteiger partial charge on any atom is -0.487 e. The normalized spacial score (nSPS) is 16.1. The Kier molecular flexibility index (Phi) is 7.45. The lowest BCUT2D eigenvalue weighted by Gasteiger charge is -2.40. The molecule has 3 aromatic heterocycles. The molecule has 0 aliphatic carbocycles. The minimum atomic E-state index is -1.04. The number of aromatic nitrogens is 4. The summed E-state index contributed by atoms with van der Waals surface area (Å²) in [7, 11) is 0. The van der Waals surface area contributed by atoms with E-state index < -0.39 is 39.6 Å². The van der Waals surface area contributed by atoms with Crippen LogP contribution < -0.4 is 21.1 Å². The predicted molar refractivity (Wildman–Crippen MR) is 165 cm³/mol. The Labute approximate surface area is 260 Å². The number of ether oxygens (including phenoxy) is 1. The molecular weight excluding hydrogens is 615 g/mol. The number of nitrogen functional groups attached to an aromatic ring is 1. The van der Waals surface area contributed by atoms with E-state index in [-0.39, 0.29) is 64.8 Å². The van der Waals surface area contributed by atoms with Crippen LogP contribution in [0.2, 0.25) is 10.0 Å². The highest BCUT2D eigenvalue weighted by molar-refractivity contribution is 6.37. The van der Waals surface area contributed by atoms with Gasteiger partial charge in [0.25, 0.3) is 0 Å². The third-order valence-corrected chi connectivity index (χ3v) is 8.52. The molecule has 0 saturated carbocycles. The lowest BCUT2D eigenvalue weighted by molar-refractivity contribution is -0.126. The molecule has 0 bridgehead atoms. The molecule has 2 aliphatic heterocycles. The Morgan fingerprint density at radius 1 is 1.20 bits per heavy atom. The molecular formula is C30H27Cl2F2N7O3. The van der Waals surface area contributed by atoms with E-state index in [1.165, 1.54) is 10.6 Å². The fourth-order valence-corrected chi connectivity index (χ4v) is 6.27. The number of carbonyl (C=O) groups is 1. The van der Waals surface area contributed by atoms with E-state index in [4.69, 9.17) is 33.7 Å². The quantitative estimate of drug-likeness (QED) is 0.187. The second-order valence-electron chi connectivity index (χ2n) is 11.0. The number of pyridine rings is 2. The summed E-state index contributed by atoms with van der Waals surface area (Å²) >= 11 is 12.3. The van der Waals surface area contributed by atoms with Gasteiger partial charge in [0.1, 0.15) is 23.5 Å². The molecule has 14 heteroatoms. The van der Waals surface area contributed by atoms with Crippen molar-refractivity contribution >= 4 is 51.6 Å². The fourth-order valence-electron chi connectivity index (χ4n) is 5.80. The first-order chi connectivity index (χ1) is 20.9. The van der Waals surface area contributed by atoms with Crippen molar-refractivity contribution in [1.29, 1.82) is 0 Å². The summed E-state index contributed by atoms with van der Waals surface area (Å²) in [5.41, 5.74) is 5.73. The number of aryl methyl sites for hydroxylation is 1. The third-order valence-electron chi connectivity index (χ3n) is 7.94. The van der Waals surface area contributed by atoms with Crippen molar-refractivity contribution in [2.45, 2.75) is 32.7 Å². The number of rotatable bonds is 4. The molecule has 0 spiro atoms. The predicted octanol–water partition coefficient (Wildman–Crippen LogP) is 5.04. The average Bonchev–Trinajstić information content (AvgIpc) is 3.15. The monoisotopic (exact) mass is 641 g/mol. The number of fused-ring (bicyclic) bond motifs is 2. The topological polar surface area (TPSA) is 119 Å². The van der Waals surface area contributed by atoms with E-state index in [1.54, 1.807) is 24.1 Å². The van der Waals surface area contributed by atoms with Crippen LogP contribution in [-0.4, -0.2) is 62.6 Å². The summed E-state index contributed by atoms with van der Waals surface area (Å²) in [6.45, 7) is 9.89. The standard InChI is InChI=1S/C30H27Cl2F2N7O3/c1-5-18(42)39-8-9-40-15(11-39)12-44-27-20-28(40)38-30(43)41(26-14(4)6-7-36-24(26)13(2)3)29(20)37-25(22(27)34)19-21(33)16(31)10-17(32)23(19)35/h5-7,10,13,15H,1,8-9,11-12,35H2,2-4H3. The smallest absolute Gasteiger partial charge is 0.355 e. The van der Waals surface area contributed by atoms with Crippen LogP contribution in [0.15, 0.2) is 35.8 Å². The van der Waals surface area contributed by atoms with Crippen LogP contribution >= 0.6 is 23.2 Å².